The molecule has 0 bridgehead atoms. The van der Waals surface area contributed by atoms with Crippen LogP contribution in [0.2, 0.25) is 0 Å². The molecule has 1 atom stereocenters. The first-order valence-electron chi connectivity index (χ1n) is 9.06. The number of hydrogen-bond donors (Lipinski definition) is 2. The van der Waals surface area contributed by atoms with E-state index in [1.807, 2.05) is 41.0 Å². The summed E-state index contributed by atoms with van der Waals surface area (Å²) in [6, 6.07) is 17.9. The predicted molar refractivity (Wildman–Crippen MR) is 109 cm³/mol. The summed E-state index contributed by atoms with van der Waals surface area (Å²) in [5.41, 5.74) is 3.41. The van der Waals surface area contributed by atoms with Crippen molar-refractivity contribution in [2.24, 2.45) is 0 Å². The van der Waals surface area contributed by atoms with E-state index in [1.54, 1.807) is 36.8 Å². The van der Waals surface area contributed by atoms with Crippen LogP contribution in [-0.2, 0) is 4.79 Å². The van der Waals surface area contributed by atoms with Crippen LogP contribution < -0.4 is 5.32 Å². The van der Waals surface area contributed by atoms with Gasteiger partial charge in [0, 0.05) is 18.1 Å². The molecule has 0 spiro atoms. The minimum Gasteiger partial charge on any atom is -0.481 e. The van der Waals surface area contributed by atoms with Gasteiger partial charge >= 0.3 is 5.97 Å². The molecule has 0 aliphatic carbocycles. The maximum Gasteiger partial charge on any atom is 0.305 e. The number of carbonyl (C=O) groups is 2. The molecule has 1 amide bonds. The average molecular weight is 386 g/mol. The number of carboxylic acid groups (broad SMARTS) is 1. The van der Waals surface area contributed by atoms with Gasteiger partial charge in [-0.05, 0) is 35.9 Å². The van der Waals surface area contributed by atoms with Crippen molar-refractivity contribution >= 4 is 28.6 Å². The van der Waals surface area contributed by atoms with E-state index in [0.717, 1.165) is 11.1 Å². The maximum absolute atomic E-state index is 12.3. The molecule has 1 unspecified atom stereocenters. The highest BCUT2D eigenvalue weighted by Crippen LogP contribution is 2.28. The minimum atomic E-state index is -0.888. The number of amides is 1. The zero-order valence-electron chi connectivity index (χ0n) is 15.4. The first kappa shape index (κ1) is 18.4. The monoisotopic (exact) mass is 386 g/mol. The first-order valence-corrected chi connectivity index (χ1v) is 9.06. The van der Waals surface area contributed by atoms with Crippen LogP contribution in [-0.4, -0.2) is 31.5 Å². The molecule has 2 aromatic carbocycles. The Morgan fingerprint density at radius 1 is 1.07 bits per heavy atom. The molecule has 4 aromatic rings. The first-order chi connectivity index (χ1) is 14.1. The highest BCUT2D eigenvalue weighted by atomic mass is 16.4. The molecule has 4 rings (SSSR count). The second kappa shape index (κ2) is 7.93. The number of pyridine rings is 1. The molecule has 29 heavy (non-hydrogen) atoms. The number of nitrogens with one attached hydrogen (secondary N) is 1. The summed E-state index contributed by atoms with van der Waals surface area (Å²) in [6.45, 7) is 0. The molecule has 2 N–H and O–H groups in total. The van der Waals surface area contributed by atoms with Crippen molar-refractivity contribution < 1.29 is 14.7 Å². The number of fused-ring (bicyclic) bond motifs is 1. The Labute approximate surface area is 166 Å². The maximum atomic E-state index is 12.3. The molecule has 0 fully saturated rings. The van der Waals surface area contributed by atoms with Crippen LogP contribution >= 0.6 is 0 Å². The number of imidazole rings is 1. The van der Waals surface area contributed by atoms with Crippen molar-refractivity contribution in [1.82, 2.24) is 14.5 Å². The number of anilines is 1. The third-order valence-electron chi connectivity index (χ3n) is 4.64. The van der Waals surface area contributed by atoms with Crippen molar-refractivity contribution in [2.45, 2.75) is 12.5 Å². The normalized spacial score (nSPS) is 11.9. The number of carbonyl (C=O) groups excluding carboxylic acids is 1. The van der Waals surface area contributed by atoms with Gasteiger partial charge in [-0.25, -0.2) is 4.98 Å². The van der Waals surface area contributed by atoms with E-state index in [1.165, 1.54) is 6.20 Å². The van der Waals surface area contributed by atoms with Crippen LogP contribution in [0.4, 0.5) is 5.69 Å². The largest absolute Gasteiger partial charge is 0.481 e. The highest BCUT2D eigenvalue weighted by molar-refractivity contribution is 6.04. The van der Waals surface area contributed by atoms with Gasteiger partial charge < -0.3 is 15.0 Å². The van der Waals surface area contributed by atoms with Crippen LogP contribution in [0.25, 0.3) is 11.0 Å². The zero-order chi connectivity index (χ0) is 20.2. The molecule has 2 heterocycles. The Kier molecular flexibility index (Phi) is 5.03. The Morgan fingerprint density at radius 2 is 1.90 bits per heavy atom. The molecule has 7 nitrogen and oxygen atoms in total. The van der Waals surface area contributed by atoms with E-state index >= 15 is 0 Å². The van der Waals surface area contributed by atoms with Gasteiger partial charge in [-0.15, -0.1) is 0 Å². The lowest BCUT2D eigenvalue weighted by atomic mass is 10.0. The van der Waals surface area contributed by atoms with Gasteiger partial charge in [-0.1, -0.05) is 30.3 Å². The van der Waals surface area contributed by atoms with Crippen molar-refractivity contribution in [3.05, 3.63) is 90.5 Å². The summed E-state index contributed by atoms with van der Waals surface area (Å²) in [6.07, 6.45) is 4.68. The number of aliphatic carboxylic acids is 1. The van der Waals surface area contributed by atoms with Gasteiger partial charge in [-0.3, -0.25) is 14.6 Å². The van der Waals surface area contributed by atoms with Gasteiger partial charge in [0.25, 0.3) is 5.91 Å². The smallest absolute Gasteiger partial charge is 0.305 e. The quantitative estimate of drug-likeness (QED) is 0.526. The summed E-state index contributed by atoms with van der Waals surface area (Å²) in [7, 11) is 0. The van der Waals surface area contributed by atoms with Crippen molar-refractivity contribution in [2.75, 3.05) is 5.32 Å². The van der Waals surface area contributed by atoms with Crippen LogP contribution in [0.5, 0.6) is 0 Å². The molecule has 0 aliphatic heterocycles. The SMILES string of the molecule is O=C(O)CC(c1ccccc1)n1cnc2cc(NC(=O)c3cccnc3)ccc21. The Morgan fingerprint density at radius 3 is 2.62 bits per heavy atom. The summed E-state index contributed by atoms with van der Waals surface area (Å²) < 4.78 is 1.85. The van der Waals surface area contributed by atoms with Crippen molar-refractivity contribution in [3.8, 4) is 0 Å². The van der Waals surface area contributed by atoms with Crippen molar-refractivity contribution in [1.29, 1.82) is 0 Å². The summed E-state index contributed by atoms with van der Waals surface area (Å²) in [5, 5.41) is 12.2. The van der Waals surface area contributed by atoms with E-state index in [0.29, 0.717) is 16.8 Å². The van der Waals surface area contributed by atoms with Crippen LogP contribution in [0.15, 0.2) is 79.4 Å². The van der Waals surface area contributed by atoms with Gasteiger partial charge in [-0.2, -0.15) is 0 Å². The second-order valence-electron chi connectivity index (χ2n) is 6.58. The number of carboxylic acids is 1. The van der Waals surface area contributed by atoms with Gasteiger partial charge in [0.1, 0.15) is 0 Å². The minimum absolute atomic E-state index is 0.0605. The molecular formula is C22H18N4O3. The number of hydrogen-bond acceptors (Lipinski definition) is 4. The molecule has 0 aliphatic rings. The van der Waals surface area contributed by atoms with E-state index in [-0.39, 0.29) is 18.4 Å². The van der Waals surface area contributed by atoms with Gasteiger partial charge in [0.05, 0.1) is 35.4 Å². The molecule has 144 valence electrons. The molecule has 0 radical (unpaired) electrons. The molecule has 2 aromatic heterocycles. The van der Waals surface area contributed by atoms with Crippen molar-refractivity contribution in [3.63, 3.8) is 0 Å². The lowest BCUT2D eigenvalue weighted by Gasteiger charge is -2.18. The van der Waals surface area contributed by atoms with Crippen LogP contribution in [0, 0.1) is 0 Å². The van der Waals surface area contributed by atoms with E-state index < -0.39 is 5.97 Å². The summed E-state index contributed by atoms with van der Waals surface area (Å²) >= 11 is 0. The number of aromatic nitrogens is 3. The zero-order valence-corrected chi connectivity index (χ0v) is 15.4. The second-order valence-corrected chi connectivity index (χ2v) is 6.58. The fraction of sp³-hybridized carbons (Fsp3) is 0.0909. The van der Waals surface area contributed by atoms with Gasteiger partial charge in [0.15, 0.2) is 0 Å². The van der Waals surface area contributed by atoms with Crippen LogP contribution in [0.1, 0.15) is 28.4 Å². The van der Waals surface area contributed by atoms with E-state index in [9.17, 15) is 14.7 Å². The summed E-state index contributed by atoms with van der Waals surface area (Å²) in [4.78, 5) is 32.1. The van der Waals surface area contributed by atoms with E-state index in [2.05, 4.69) is 15.3 Å². The summed E-state index contributed by atoms with van der Waals surface area (Å²) in [5.74, 6) is -1.15. The van der Waals surface area contributed by atoms with E-state index in [4.69, 9.17) is 0 Å². The molecule has 0 saturated heterocycles. The molecular weight excluding hydrogens is 368 g/mol. The third kappa shape index (κ3) is 3.98. The standard InChI is InChI=1S/C22H18N4O3/c27-21(28)12-20(15-5-2-1-3-6-15)26-14-24-18-11-17(8-9-19(18)26)25-22(29)16-7-4-10-23-13-16/h1-11,13-14,20H,12H2,(H,25,29)(H,27,28). The lowest BCUT2D eigenvalue weighted by molar-refractivity contribution is -0.137. The highest BCUT2D eigenvalue weighted by Gasteiger charge is 2.20. The fourth-order valence-corrected chi connectivity index (χ4v) is 3.28. The number of rotatable bonds is 6. The predicted octanol–water partition coefficient (Wildman–Crippen LogP) is 3.75. The van der Waals surface area contributed by atoms with Crippen LogP contribution in [0.3, 0.4) is 0 Å². The average Bonchev–Trinajstić information content (AvgIpc) is 3.16. The number of benzene rings is 2. The topological polar surface area (TPSA) is 97.1 Å². The fourth-order valence-electron chi connectivity index (χ4n) is 3.28. The Bertz CT molecular complexity index is 1160. The molecule has 0 saturated carbocycles. The van der Waals surface area contributed by atoms with Gasteiger partial charge in [0.2, 0.25) is 0 Å². The third-order valence-corrected chi connectivity index (χ3v) is 4.64. The Hall–Kier alpha value is -4.00. The number of nitrogens with zero attached hydrogens (tertiary/aromatic N) is 3. The molecule has 7 heteroatoms. The Balaban J connectivity index is 1.65. The lowest BCUT2D eigenvalue weighted by Crippen LogP contribution is -2.14.